The molecule has 0 amide bonds. The fourth-order valence-corrected chi connectivity index (χ4v) is 2.77. The molecule has 0 saturated heterocycles. The zero-order valence-corrected chi connectivity index (χ0v) is 11.6. The molecular weight excluding hydrogens is 302 g/mol. The summed E-state index contributed by atoms with van der Waals surface area (Å²) in [5, 5.41) is 9.62. The van der Waals surface area contributed by atoms with E-state index in [-0.39, 0.29) is 0 Å². The van der Waals surface area contributed by atoms with Gasteiger partial charge in [-0.3, -0.25) is 0 Å². The van der Waals surface area contributed by atoms with Gasteiger partial charge in [0.2, 0.25) is 0 Å². The van der Waals surface area contributed by atoms with Crippen LogP contribution in [0.25, 0.3) is 0 Å². The first-order valence-corrected chi connectivity index (χ1v) is 6.89. The van der Waals surface area contributed by atoms with Crippen molar-refractivity contribution in [2.24, 2.45) is 7.05 Å². The number of aryl methyl sites for hydroxylation is 1. The monoisotopic (exact) mass is 311 g/mol. The predicted octanol–water partition coefficient (Wildman–Crippen LogP) is 2.40. The summed E-state index contributed by atoms with van der Waals surface area (Å²) in [4.78, 5) is 8.95. The number of halogens is 1. The standard InChI is InChI=1S/C10H10BrN5S/c1-16-5-12-15-10(16)17-8-4-7(11)13-9(14-8)6-2-3-6/h4-6H,2-3H2,1H3. The number of hydrogen-bond acceptors (Lipinski definition) is 5. The number of nitrogens with zero attached hydrogens (tertiary/aromatic N) is 5. The predicted molar refractivity (Wildman–Crippen MR) is 66.8 cm³/mol. The first kappa shape index (κ1) is 11.2. The van der Waals surface area contributed by atoms with Gasteiger partial charge in [0, 0.05) is 19.0 Å². The van der Waals surface area contributed by atoms with E-state index in [0.717, 1.165) is 20.6 Å². The molecule has 0 aromatic carbocycles. The molecule has 88 valence electrons. The lowest BCUT2D eigenvalue weighted by atomic mass is 10.4. The summed E-state index contributed by atoms with van der Waals surface area (Å²) in [6.07, 6.45) is 4.08. The van der Waals surface area contributed by atoms with E-state index in [1.807, 2.05) is 17.7 Å². The van der Waals surface area contributed by atoms with Gasteiger partial charge in [-0.1, -0.05) is 0 Å². The van der Waals surface area contributed by atoms with Gasteiger partial charge in [0.15, 0.2) is 5.16 Å². The number of aromatic nitrogens is 5. The van der Waals surface area contributed by atoms with Crippen LogP contribution in [-0.4, -0.2) is 24.7 Å². The summed E-state index contributed by atoms with van der Waals surface area (Å²) in [6.45, 7) is 0. The van der Waals surface area contributed by atoms with Crippen molar-refractivity contribution in [3.8, 4) is 0 Å². The fraction of sp³-hybridized carbons (Fsp3) is 0.400. The molecule has 0 radical (unpaired) electrons. The van der Waals surface area contributed by atoms with E-state index in [2.05, 4.69) is 36.1 Å². The summed E-state index contributed by atoms with van der Waals surface area (Å²) in [5.41, 5.74) is 0. The lowest BCUT2D eigenvalue weighted by molar-refractivity contribution is 0.784. The summed E-state index contributed by atoms with van der Waals surface area (Å²) < 4.78 is 2.70. The van der Waals surface area contributed by atoms with Crippen molar-refractivity contribution in [2.75, 3.05) is 0 Å². The molecule has 0 spiro atoms. The van der Waals surface area contributed by atoms with Gasteiger partial charge in [0.25, 0.3) is 0 Å². The van der Waals surface area contributed by atoms with Gasteiger partial charge >= 0.3 is 0 Å². The minimum Gasteiger partial charge on any atom is -0.311 e. The van der Waals surface area contributed by atoms with Crippen molar-refractivity contribution >= 4 is 27.7 Å². The molecule has 1 fully saturated rings. The highest BCUT2D eigenvalue weighted by Crippen LogP contribution is 2.39. The lowest BCUT2D eigenvalue weighted by Gasteiger charge is -2.03. The molecule has 17 heavy (non-hydrogen) atoms. The van der Waals surface area contributed by atoms with Crippen LogP contribution in [-0.2, 0) is 7.05 Å². The molecule has 2 aromatic heterocycles. The Morgan fingerprint density at radius 3 is 2.88 bits per heavy atom. The van der Waals surface area contributed by atoms with Crippen molar-refractivity contribution in [3.63, 3.8) is 0 Å². The summed E-state index contributed by atoms with van der Waals surface area (Å²) in [7, 11) is 1.92. The largest absolute Gasteiger partial charge is 0.311 e. The average molecular weight is 312 g/mol. The molecule has 2 heterocycles. The van der Waals surface area contributed by atoms with Crippen molar-refractivity contribution in [1.82, 2.24) is 24.7 Å². The maximum absolute atomic E-state index is 4.55. The third-order valence-corrected chi connectivity index (χ3v) is 3.87. The minimum atomic E-state index is 0.548. The van der Waals surface area contributed by atoms with Crippen molar-refractivity contribution < 1.29 is 0 Å². The molecule has 5 nitrogen and oxygen atoms in total. The second-order valence-electron chi connectivity index (χ2n) is 3.99. The van der Waals surface area contributed by atoms with Crippen LogP contribution in [0, 0.1) is 0 Å². The van der Waals surface area contributed by atoms with Crippen LogP contribution in [0.15, 0.2) is 27.2 Å². The zero-order chi connectivity index (χ0) is 11.8. The highest BCUT2D eigenvalue weighted by Gasteiger charge is 2.27. The smallest absolute Gasteiger partial charge is 0.197 e. The second kappa shape index (κ2) is 4.38. The molecule has 7 heteroatoms. The van der Waals surface area contributed by atoms with E-state index < -0.39 is 0 Å². The Morgan fingerprint density at radius 1 is 1.41 bits per heavy atom. The highest BCUT2D eigenvalue weighted by molar-refractivity contribution is 9.10. The molecule has 2 aromatic rings. The SMILES string of the molecule is Cn1cnnc1Sc1cc(Br)nc(C2CC2)n1. The molecule has 3 rings (SSSR count). The van der Waals surface area contributed by atoms with Crippen LogP contribution in [0.3, 0.4) is 0 Å². The van der Waals surface area contributed by atoms with E-state index >= 15 is 0 Å². The lowest BCUT2D eigenvalue weighted by Crippen LogP contribution is -1.96. The van der Waals surface area contributed by atoms with Crippen molar-refractivity contribution in [2.45, 2.75) is 28.9 Å². The van der Waals surface area contributed by atoms with Gasteiger partial charge in [-0.05, 0) is 40.5 Å². The van der Waals surface area contributed by atoms with Crippen LogP contribution in [0.1, 0.15) is 24.6 Å². The quantitative estimate of drug-likeness (QED) is 0.815. The number of hydrogen-bond donors (Lipinski definition) is 0. The van der Waals surface area contributed by atoms with E-state index in [1.165, 1.54) is 24.6 Å². The van der Waals surface area contributed by atoms with Crippen molar-refractivity contribution in [1.29, 1.82) is 0 Å². The van der Waals surface area contributed by atoms with Gasteiger partial charge in [-0.25, -0.2) is 9.97 Å². The third-order valence-electron chi connectivity index (χ3n) is 2.50. The average Bonchev–Trinajstić information content (AvgIpc) is 3.05. The topological polar surface area (TPSA) is 56.5 Å². The first-order valence-electron chi connectivity index (χ1n) is 5.29. The fourth-order valence-electron chi connectivity index (χ4n) is 1.45. The Hall–Kier alpha value is -0.950. The molecular formula is C10H10BrN5S. The maximum atomic E-state index is 4.55. The van der Waals surface area contributed by atoms with Crippen molar-refractivity contribution in [3.05, 3.63) is 22.8 Å². The number of rotatable bonds is 3. The zero-order valence-electron chi connectivity index (χ0n) is 9.17. The van der Waals surface area contributed by atoms with Crippen LogP contribution in [0.5, 0.6) is 0 Å². The molecule has 0 unspecified atom stereocenters. The Kier molecular flexibility index (Phi) is 2.87. The first-order chi connectivity index (χ1) is 8.22. The van der Waals surface area contributed by atoms with Gasteiger partial charge in [0.05, 0.1) is 0 Å². The van der Waals surface area contributed by atoms with E-state index in [4.69, 9.17) is 0 Å². The van der Waals surface area contributed by atoms with Gasteiger partial charge in [-0.2, -0.15) is 0 Å². The summed E-state index contributed by atoms with van der Waals surface area (Å²) >= 11 is 4.93. The van der Waals surface area contributed by atoms with E-state index in [9.17, 15) is 0 Å². The van der Waals surface area contributed by atoms with Crippen LogP contribution in [0.4, 0.5) is 0 Å². The minimum absolute atomic E-state index is 0.548. The normalized spacial score (nSPS) is 15.2. The van der Waals surface area contributed by atoms with Crippen LogP contribution >= 0.6 is 27.7 Å². The van der Waals surface area contributed by atoms with E-state index in [0.29, 0.717) is 5.92 Å². The Labute approximate surface area is 111 Å². The molecule has 1 saturated carbocycles. The Balaban J connectivity index is 1.89. The molecule has 0 N–H and O–H groups in total. The third kappa shape index (κ3) is 2.50. The molecule has 1 aliphatic carbocycles. The second-order valence-corrected chi connectivity index (χ2v) is 5.79. The molecule has 0 aliphatic heterocycles. The van der Waals surface area contributed by atoms with Gasteiger partial charge in [-0.15, -0.1) is 10.2 Å². The Bertz CT molecular complexity index is 551. The highest BCUT2D eigenvalue weighted by atomic mass is 79.9. The molecule has 1 aliphatic rings. The molecule has 0 bridgehead atoms. The molecule has 0 atom stereocenters. The van der Waals surface area contributed by atoms with Crippen LogP contribution < -0.4 is 0 Å². The Morgan fingerprint density at radius 2 is 2.24 bits per heavy atom. The summed E-state index contributed by atoms with van der Waals surface area (Å²) in [5.74, 6) is 1.48. The maximum Gasteiger partial charge on any atom is 0.197 e. The van der Waals surface area contributed by atoms with Gasteiger partial charge < -0.3 is 4.57 Å². The van der Waals surface area contributed by atoms with Crippen LogP contribution in [0.2, 0.25) is 0 Å². The van der Waals surface area contributed by atoms with E-state index in [1.54, 1.807) is 6.33 Å². The van der Waals surface area contributed by atoms with Gasteiger partial charge in [0.1, 0.15) is 21.8 Å². The summed E-state index contributed by atoms with van der Waals surface area (Å²) in [6, 6.07) is 1.91.